The standard InChI is InChI=1S/C24H24N4O4/c1-16-18(5-6-21-22(16)15-32-23(21)29)7-8-25-12-17-13-26-28(14-17)20-4-2-3-19(11-20)27-9-10-31-24(27)30/h2-6,11,13-14,25H,7-10,12,15H2,1H3. The number of nitrogens with one attached hydrogen (secondary N) is 1. The van der Waals surface area contributed by atoms with E-state index in [1.165, 1.54) is 5.56 Å². The van der Waals surface area contributed by atoms with Gasteiger partial charge in [0.15, 0.2) is 0 Å². The van der Waals surface area contributed by atoms with Crippen molar-refractivity contribution in [2.75, 3.05) is 24.6 Å². The van der Waals surface area contributed by atoms with E-state index in [0.29, 0.717) is 31.9 Å². The molecule has 2 aromatic carbocycles. The maximum absolute atomic E-state index is 11.8. The molecule has 0 saturated carbocycles. The van der Waals surface area contributed by atoms with Gasteiger partial charge in [0.1, 0.15) is 13.2 Å². The predicted octanol–water partition coefficient (Wildman–Crippen LogP) is 3.14. The largest absolute Gasteiger partial charge is 0.457 e. The van der Waals surface area contributed by atoms with Gasteiger partial charge in [0.2, 0.25) is 0 Å². The van der Waals surface area contributed by atoms with Gasteiger partial charge < -0.3 is 14.8 Å². The molecule has 0 unspecified atom stereocenters. The average molecular weight is 432 g/mol. The SMILES string of the molecule is Cc1c(CCNCc2cnn(-c3cccc(N4CCOC4=O)c3)c2)ccc2c1COC2=O. The second-order valence-electron chi connectivity index (χ2n) is 7.96. The minimum absolute atomic E-state index is 0.226. The number of rotatable bonds is 7. The van der Waals surface area contributed by atoms with Crippen molar-refractivity contribution in [1.29, 1.82) is 0 Å². The second kappa shape index (κ2) is 8.47. The Hall–Kier alpha value is -3.65. The number of ether oxygens (including phenoxy) is 2. The molecule has 0 bridgehead atoms. The number of hydrogen-bond acceptors (Lipinski definition) is 6. The van der Waals surface area contributed by atoms with Crippen LogP contribution in [-0.2, 0) is 29.0 Å². The highest BCUT2D eigenvalue weighted by Gasteiger charge is 2.24. The van der Waals surface area contributed by atoms with Crippen LogP contribution in [0.4, 0.5) is 10.5 Å². The van der Waals surface area contributed by atoms with Crippen LogP contribution in [0.3, 0.4) is 0 Å². The van der Waals surface area contributed by atoms with Gasteiger partial charge in [-0.3, -0.25) is 4.90 Å². The van der Waals surface area contributed by atoms with Gasteiger partial charge in [-0.05, 0) is 55.3 Å². The first-order chi connectivity index (χ1) is 15.6. The molecule has 1 N–H and O–H groups in total. The molecule has 1 aromatic heterocycles. The first kappa shape index (κ1) is 20.3. The van der Waals surface area contributed by atoms with Crippen LogP contribution in [0, 0.1) is 6.92 Å². The van der Waals surface area contributed by atoms with Crippen molar-refractivity contribution in [1.82, 2.24) is 15.1 Å². The number of esters is 1. The number of carbonyl (C=O) groups is 2. The fourth-order valence-corrected chi connectivity index (χ4v) is 4.15. The van der Waals surface area contributed by atoms with Crippen LogP contribution in [0.1, 0.15) is 32.6 Å². The Morgan fingerprint density at radius 1 is 1.12 bits per heavy atom. The molecule has 8 heteroatoms. The van der Waals surface area contributed by atoms with Gasteiger partial charge in [-0.15, -0.1) is 0 Å². The molecule has 2 aliphatic rings. The number of benzene rings is 2. The zero-order valence-corrected chi connectivity index (χ0v) is 17.8. The van der Waals surface area contributed by atoms with Crippen LogP contribution >= 0.6 is 0 Å². The number of hydrogen-bond donors (Lipinski definition) is 1. The fourth-order valence-electron chi connectivity index (χ4n) is 4.15. The van der Waals surface area contributed by atoms with Crippen LogP contribution < -0.4 is 10.2 Å². The van der Waals surface area contributed by atoms with Gasteiger partial charge in [0.05, 0.1) is 24.0 Å². The summed E-state index contributed by atoms with van der Waals surface area (Å²) in [6.07, 6.45) is 4.38. The maximum Gasteiger partial charge on any atom is 0.414 e. The minimum Gasteiger partial charge on any atom is -0.457 e. The Labute approximate surface area is 185 Å². The van der Waals surface area contributed by atoms with Crippen molar-refractivity contribution in [3.63, 3.8) is 0 Å². The van der Waals surface area contributed by atoms with Crippen molar-refractivity contribution < 1.29 is 19.1 Å². The Morgan fingerprint density at radius 2 is 2.00 bits per heavy atom. The summed E-state index contributed by atoms with van der Waals surface area (Å²) in [6.45, 7) is 4.91. The van der Waals surface area contributed by atoms with E-state index in [4.69, 9.17) is 9.47 Å². The maximum atomic E-state index is 11.8. The zero-order chi connectivity index (χ0) is 22.1. The molecule has 3 aromatic rings. The van der Waals surface area contributed by atoms with E-state index in [9.17, 15) is 9.59 Å². The Kier molecular flexibility index (Phi) is 5.36. The van der Waals surface area contributed by atoms with Crippen LogP contribution in [0.15, 0.2) is 48.8 Å². The van der Waals surface area contributed by atoms with Gasteiger partial charge in [0.25, 0.3) is 0 Å². The molecule has 1 saturated heterocycles. The third-order valence-electron chi connectivity index (χ3n) is 5.98. The summed E-state index contributed by atoms with van der Waals surface area (Å²) >= 11 is 0. The van der Waals surface area contributed by atoms with Gasteiger partial charge in [-0.2, -0.15) is 5.10 Å². The van der Waals surface area contributed by atoms with E-state index >= 15 is 0 Å². The van der Waals surface area contributed by atoms with Crippen LogP contribution in [0.5, 0.6) is 0 Å². The van der Waals surface area contributed by atoms with E-state index < -0.39 is 0 Å². The van der Waals surface area contributed by atoms with E-state index in [0.717, 1.165) is 41.0 Å². The van der Waals surface area contributed by atoms with Crippen molar-refractivity contribution in [2.45, 2.75) is 26.5 Å². The second-order valence-corrected chi connectivity index (χ2v) is 7.96. The highest BCUT2D eigenvalue weighted by Crippen LogP contribution is 2.26. The Balaban J connectivity index is 1.18. The van der Waals surface area contributed by atoms with Crippen LogP contribution in [-0.4, -0.2) is 41.5 Å². The van der Waals surface area contributed by atoms with Crippen molar-refractivity contribution in [3.8, 4) is 5.69 Å². The molecule has 32 heavy (non-hydrogen) atoms. The third-order valence-corrected chi connectivity index (χ3v) is 5.98. The number of amides is 1. The number of anilines is 1. The monoisotopic (exact) mass is 432 g/mol. The predicted molar refractivity (Wildman–Crippen MR) is 118 cm³/mol. The lowest BCUT2D eigenvalue weighted by Gasteiger charge is -2.13. The quantitative estimate of drug-likeness (QED) is 0.456. The first-order valence-corrected chi connectivity index (χ1v) is 10.7. The van der Waals surface area contributed by atoms with Gasteiger partial charge in [-0.1, -0.05) is 12.1 Å². The van der Waals surface area contributed by atoms with E-state index in [1.807, 2.05) is 53.5 Å². The molecule has 0 atom stereocenters. The summed E-state index contributed by atoms with van der Waals surface area (Å²) in [5.74, 6) is -0.226. The zero-order valence-electron chi connectivity index (χ0n) is 17.8. The molecule has 0 radical (unpaired) electrons. The van der Waals surface area contributed by atoms with Gasteiger partial charge in [-0.25, -0.2) is 14.3 Å². The molecule has 0 spiro atoms. The number of aromatic nitrogens is 2. The number of carbonyl (C=O) groups excluding carboxylic acids is 2. The van der Waals surface area contributed by atoms with Crippen molar-refractivity contribution in [3.05, 3.63) is 76.6 Å². The highest BCUT2D eigenvalue weighted by molar-refractivity contribution is 5.94. The topological polar surface area (TPSA) is 85.7 Å². The molecule has 2 aliphatic heterocycles. The fraction of sp³-hybridized carbons (Fsp3) is 0.292. The number of fused-ring (bicyclic) bond motifs is 1. The molecular formula is C24H24N4O4. The molecule has 0 aliphatic carbocycles. The first-order valence-electron chi connectivity index (χ1n) is 10.7. The molecule has 5 rings (SSSR count). The highest BCUT2D eigenvalue weighted by atomic mass is 16.6. The lowest BCUT2D eigenvalue weighted by Crippen LogP contribution is -2.23. The van der Waals surface area contributed by atoms with Crippen molar-refractivity contribution in [2.24, 2.45) is 0 Å². The number of cyclic esters (lactones) is 2. The van der Waals surface area contributed by atoms with Gasteiger partial charge >= 0.3 is 12.1 Å². The molecule has 3 heterocycles. The smallest absolute Gasteiger partial charge is 0.414 e. The molecular weight excluding hydrogens is 408 g/mol. The van der Waals surface area contributed by atoms with Gasteiger partial charge in [0, 0.05) is 29.6 Å². The molecule has 8 nitrogen and oxygen atoms in total. The van der Waals surface area contributed by atoms with Crippen LogP contribution in [0.2, 0.25) is 0 Å². The average Bonchev–Trinajstić information content (AvgIpc) is 3.53. The summed E-state index contributed by atoms with van der Waals surface area (Å²) in [6, 6.07) is 11.6. The van der Waals surface area contributed by atoms with E-state index in [-0.39, 0.29) is 12.1 Å². The van der Waals surface area contributed by atoms with Crippen LogP contribution in [0.25, 0.3) is 5.69 Å². The lowest BCUT2D eigenvalue weighted by molar-refractivity contribution is 0.0535. The van der Waals surface area contributed by atoms with E-state index in [2.05, 4.69) is 17.3 Å². The van der Waals surface area contributed by atoms with Crippen molar-refractivity contribution >= 4 is 17.7 Å². The lowest BCUT2D eigenvalue weighted by atomic mass is 9.97. The summed E-state index contributed by atoms with van der Waals surface area (Å²) in [7, 11) is 0. The Bertz CT molecular complexity index is 1190. The molecule has 1 fully saturated rings. The molecule has 1 amide bonds. The summed E-state index contributed by atoms with van der Waals surface area (Å²) in [5.41, 5.74) is 6.83. The normalized spacial score (nSPS) is 15.1. The summed E-state index contributed by atoms with van der Waals surface area (Å²) in [4.78, 5) is 25.1. The van der Waals surface area contributed by atoms with E-state index in [1.54, 1.807) is 4.90 Å². The minimum atomic E-state index is -0.315. The Morgan fingerprint density at radius 3 is 2.84 bits per heavy atom. The summed E-state index contributed by atoms with van der Waals surface area (Å²) in [5, 5.41) is 7.93. The molecule has 164 valence electrons. The number of nitrogens with zero attached hydrogens (tertiary/aromatic N) is 3. The summed E-state index contributed by atoms with van der Waals surface area (Å²) < 4.78 is 12.0. The third kappa shape index (κ3) is 3.85.